The summed E-state index contributed by atoms with van der Waals surface area (Å²) < 4.78 is 0. The zero-order valence-corrected chi connectivity index (χ0v) is 11.3. The summed E-state index contributed by atoms with van der Waals surface area (Å²) in [6.07, 6.45) is 6.00. The Morgan fingerprint density at radius 2 is 2.07 bits per heavy atom. The first kappa shape index (κ1) is 13.3. The van der Waals surface area contributed by atoms with Crippen LogP contribution >= 0.6 is 11.8 Å². The minimum atomic E-state index is 0.384. The van der Waals surface area contributed by atoms with Gasteiger partial charge in [-0.25, -0.2) is 0 Å². The molecule has 1 heterocycles. The lowest BCUT2D eigenvalue weighted by Gasteiger charge is -2.35. The van der Waals surface area contributed by atoms with Gasteiger partial charge in [0, 0.05) is 24.4 Å². The van der Waals surface area contributed by atoms with Crippen molar-refractivity contribution in [3.8, 4) is 0 Å². The van der Waals surface area contributed by atoms with Gasteiger partial charge < -0.3 is 10.2 Å². The highest BCUT2D eigenvalue weighted by Crippen LogP contribution is 2.19. The van der Waals surface area contributed by atoms with E-state index in [2.05, 4.69) is 30.3 Å². The van der Waals surface area contributed by atoms with Gasteiger partial charge in [-0.2, -0.15) is 11.8 Å². The molecule has 2 nitrogen and oxygen atoms in total. The van der Waals surface area contributed by atoms with E-state index in [1.54, 1.807) is 0 Å². The molecule has 3 heteroatoms. The summed E-state index contributed by atoms with van der Waals surface area (Å²) >= 11 is 1.96. The summed E-state index contributed by atoms with van der Waals surface area (Å²) in [6, 6.07) is 0. The molecule has 0 aromatic carbocycles. The van der Waals surface area contributed by atoms with Crippen LogP contribution in [0.5, 0.6) is 0 Å². The minimum Gasteiger partial charge on any atom is -0.310 e. The molecule has 15 heavy (non-hydrogen) atoms. The molecular formula is C12H26N2S. The van der Waals surface area contributed by atoms with E-state index in [9.17, 15) is 0 Å². The predicted octanol–water partition coefficient (Wildman–Crippen LogP) is 2.20. The van der Waals surface area contributed by atoms with Gasteiger partial charge in [0.1, 0.15) is 0 Å². The summed E-state index contributed by atoms with van der Waals surface area (Å²) in [5.41, 5.74) is 0.384. The van der Waals surface area contributed by atoms with Crippen LogP contribution in [0.15, 0.2) is 0 Å². The van der Waals surface area contributed by atoms with E-state index < -0.39 is 0 Å². The zero-order valence-electron chi connectivity index (χ0n) is 10.5. The number of hydrogen-bond acceptors (Lipinski definition) is 3. The molecule has 0 aromatic rings. The van der Waals surface area contributed by atoms with Gasteiger partial charge in [0.15, 0.2) is 0 Å². The largest absolute Gasteiger partial charge is 0.310 e. The molecule has 0 bridgehead atoms. The molecule has 0 spiro atoms. The number of nitrogens with zero attached hydrogens (tertiary/aromatic N) is 1. The van der Waals surface area contributed by atoms with Gasteiger partial charge >= 0.3 is 0 Å². The van der Waals surface area contributed by atoms with Crippen molar-refractivity contribution in [2.45, 2.75) is 38.6 Å². The first-order valence-electron chi connectivity index (χ1n) is 6.22. The molecule has 0 atom stereocenters. The second-order valence-electron chi connectivity index (χ2n) is 4.54. The van der Waals surface area contributed by atoms with Crippen molar-refractivity contribution >= 4 is 11.8 Å². The van der Waals surface area contributed by atoms with E-state index in [0.717, 1.165) is 0 Å². The highest BCUT2D eigenvalue weighted by molar-refractivity contribution is 7.98. The van der Waals surface area contributed by atoms with Crippen LogP contribution in [-0.2, 0) is 0 Å². The van der Waals surface area contributed by atoms with E-state index in [4.69, 9.17) is 0 Å². The molecule has 1 N–H and O–H groups in total. The second kappa shape index (κ2) is 6.77. The van der Waals surface area contributed by atoms with E-state index in [1.807, 2.05) is 11.8 Å². The molecule has 1 saturated heterocycles. The summed E-state index contributed by atoms with van der Waals surface area (Å²) in [4.78, 5) is 2.64. The van der Waals surface area contributed by atoms with Crippen molar-refractivity contribution in [2.24, 2.45) is 0 Å². The molecule has 0 aromatic heterocycles. The quantitative estimate of drug-likeness (QED) is 0.779. The minimum absolute atomic E-state index is 0.384. The van der Waals surface area contributed by atoms with Crippen LogP contribution in [0.3, 0.4) is 0 Å². The lowest BCUT2D eigenvalue weighted by molar-refractivity contribution is 0.205. The van der Waals surface area contributed by atoms with Gasteiger partial charge in [-0.1, -0.05) is 13.8 Å². The van der Waals surface area contributed by atoms with E-state index >= 15 is 0 Å². The maximum absolute atomic E-state index is 3.75. The highest BCUT2D eigenvalue weighted by Gasteiger charge is 2.29. The fourth-order valence-electron chi connectivity index (χ4n) is 2.35. The van der Waals surface area contributed by atoms with Crippen LogP contribution in [0.25, 0.3) is 0 Å². The highest BCUT2D eigenvalue weighted by atomic mass is 32.2. The molecule has 0 aliphatic carbocycles. The Hall–Kier alpha value is 0.270. The Morgan fingerprint density at radius 3 is 2.67 bits per heavy atom. The number of rotatable bonds is 5. The van der Waals surface area contributed by atoms with Crippen molar-refractivity contribution in [1.29, 1.82) is 0 Å². The van der Waals surface area contributed by atoms with Gasteiger partial charge in [-0.15, -0.1) is 0 Å². The molecule has 0 unspecified atom stereocenters. The molecule has 1 rings (SSSR count). The molecule has 1 aliphatic heterocycles. The fourth-order valence-corrected chi connectivity index (χ4v) is 2.79. The van der Waals surface area contributed by atoms with Crippen molar-refractivity contribution in [2.75, 3.05) is 38.2 Å². The summed E-state index contributed by atoms with van der Waals surface area (Å²) in [6.45, 7) is 9.58. The van der Waals surface area contributed by atoms with Crippen molar-refractivity contribution in [3.63, 3.8) is 0 Å². The average Bonchev–Trinajstić information content (AvgIpc) is 2.49. The summed E-state index contributed by atoms with van der Waals surface area (Å²) in [7, 11) is 0. The van der Waals surface area contributed by atoms with Crippen LogP contribution in [0.2, 0.25) is 0 Å². The van der Waals surface area contributed by atoms with Crippen LogP contribution in [0.4, 0.5) is 0 Å². The molecule has 1 aliphatic rings. The van der Waals surface area contributed by atoms with Crippen molar-refractivity contribution < 1.29 is 0 Å². The normalized spacial score (nSPS) is 22.6. The Balaban J connectivity index is 2.51. The first-order valence-corrected chi connectivity index (χ1v) is 7.62. The number of nitrogens with one attached hydrogen (secondary N) is 1. The Bertz CT molecular complexity index is 169. The zero-order chi connectivity index (χ0) is 11.1. The molecule has 0 amide bonds. The molecule has 0 saturated carbocycles. The first-order chi connectivity index (χ1) is 7.26. The molecule has 90 valence electrons. The van der Waals surface area contributed by atoms with E-state index in [1.165, 1.54) is 51.2 Å². The molecule has 0 radical (unpaired) electrons. The fraction of sp³-hybridized carbons (Fsp3) is 1.00. The number of thioether (sulfide) groups is 1. The Labute approximate surface area is 99.2 Å². The van der Waals surface area contributed by atoms with Crippen molar-refractivity contribution in [3.05, 3.63) is 0 Å². The maximum Gasteiger partial charge on any atom is 0.0303 e. The standard InChI is InChI=1S/C12H26N2S/c1-4-12(5-2)11-14(9-10-15-3)8-6-7-13-12/h13H,4-11H2,1-3H3. The molecular weight excluding hydrogens is 204 g/mol. The van der Waals surface area contributed by atoms with E-state index in [0.29, 0.717) is 5.54 Å². The third-order valence-corrected chi connectivity index (χ3v) is 4.23. The smallest absolute Gasteiger partial charge is 0.0303 e. The van der Waals surface area contributed by atoms with Gasteiger partial charge in [-0.05, 0) is 38.6 Å². The van der Waals surface area contributed by atoms with Gasteiger partial charge in [0.2, 0.25) is 0 Å². The Kier molecular flexibility index (Phi) is 6.02. The SMILES string of the molecule is CCC1(CC)CN(CCSC)CCCN1. The van der Waals surface area contributed by atoms with Crippen LogP contribution in [-0.4, -0.2) is 48.6 Å². The maximum atomic E-state index is 3.75. The van der Waals surface area contributed by atoms with Gasteiger partial charge in [0.05, 0.1) is 0 Å². The average molecular weight is 230 g/mol. The van der Waals surface area contributed by atoms with Gasteiger partial charge in [-0.3, -0.25) is 0 Å². The monoisotopic (exact) mass is 230 g/mol. The third kappa shape index (κ3) is 3.97. The summed E-state index contributed by atoms with van der Waals surface area (Å²) in [5, 5.41) is 3.75. The lowest BCUT2D eigenvalue weighted by Crippen LogP contribution is -2.50. The van der Waals surface area contributed by atoms with Gasteiger partial charge in [0.25, 0.3) is 0 Å². The number of hydrogen-bond donors (Lipinski definition) is 1. The van der Waals surface area contributed by atoms with Crippen LogP contribution in [0.1, 0.15) is 33.1 Å². The molecule has 1 fully saturated rings. The third-order valence-electron chi connectivity index (χ3n) is 3.64. The van der Waals surface area contributed by atoms with Crippen LogP contribution in [0, 0.1) is 0 Å². The second-order valence-corrected chi connectivity index (χ2v) is 5.52. The van der Waals surface area contributed by atoms with Crippen molar-refractivity contribution in [1.82, 2.24) is 10.2 Å². The predicted molar refractivity (Wildman–Crippen MR) is 70.8 cm³/mol. The lowest BCUT2D eigenvalue weighted by atomic mass is 9.92. The Morgan fingerprint density at radius 1 is 1.33 bits per heavy atom. The van der Waals surface area contributed by atoms with E-state index in [-0.39, 0.29) is 0 Å². The topological polar surface area (TPSA) is 15.3 Å². The summed E-state index contributed by atoms with van der Waals surface area (Å²) in [5.74, 6) is 1.27. The van der Waals surface area contributed by atoms with Crippen LogP contribution < -0.4 is 5.32 Å².